The molecule has 20 heavy (non-hydrogen) atoms. The van der Waals surface area contributed by atoms with Crippen molar-refractivity contribution in [2.45, 2.75) is 12.8 Å². The lowest BCUT2D eigenvalue weighted by Gasteiger charge is -2.22. The molecule has 0 aromatic heterocycles. The molecule has 1 rings (SSSR count). The fourth-order valence-corrected chi connectivity index (χ4v) is 1.78. The van der Waals surface area contributed by atoms with Gasteiger partial charge in [0.25, 0.3) is 0 Å². The van der Waals surface area contributed by atoms with Crippen LogP contribution in [0.4, 0.5) is 0 Å². The smallest absolute Gasteiger partial charge is 0.334 e. The van der Waals surface area contributed by atoms with Gasteiger partial charge in [0, 0.05) is 6.08 Å². The molecule has 0 saturated carbocycles. The van der Waals surface area contributed by atoms with E-state index in [0.717, 1.165) is 12.3 Å². The lowest BCUT2D eigenvalue weighted by Crippen LogP contribution is -2.31. The molecule has 1 aliphatic rings. The summed E-state index contributed by atoms with van der Waals surface area (Å²) in [5.41, 5.74) is 0. The SMILES string of the molecule is C=CC(=O)OC=CCOC(=O)C1C=CCCC1C(=O)O. The summed E-state index contributed by atoms with van der Waals surface area (Å²) >= 11 is 0. The molecular formula is C14H16O6. The Morgan fingerprint density at radius 2 is 2.15 bits per heavy atom. The standard InChI is InChI=1S/C14H16O6/c1-2-12(15)19-8-5-9-20-14(18)11-7-4-3-6-10(11)13(16)17/h2,4-5,7-8,10-11H,1,3,6,9H2,(H,16,17). The molecular weight excluding hydrogens is 264 g/mol. The number of allylic oxidation sites excluding steroid dienone is 1. The van der Waals surface area contributed by atoms with Crippen LogP contribution < -0.4 is 0 Å². The Labute approximate surface area is 116 Å². The average Bonchev–Trinajstić information content (AvgIpc) is 2.46. The van der Waals surface area contributed by atoms with Gasteiger partial charge in [0.1, 0.15) is 6.61 Å². The molecule has 108 valence electrons. The molecule has 6 nitrogen and oxygen atoms in total. The van der Waals surface area contributed by atoms with Crippen LogP contribution in [-0.4, -0.2) is 29.6 Å². The monoisotopic (exact) mass is 280 g/mol. The van der Waals surface area contributed by atoms with Crippen molar-refractivity contribution < 1.29 is 29.0 Å². The van der Waals surface area contributed by atoms with Gasteiger partial charge in [0.15, 0.2) is 0 Å². The number of ether oxygens (including phenoxy) is 2. The summed E-state index contributed by atoms with van der Waals surface area (Å²) < 4.78 is 9.46. The second kappa shape index (κ2) is 7.93. The summed E-state index contributed by atoms with van der Waals surface area (Å²) in [5.74, 6) is -3.76. The predicted molar refractivity (Wildman–Crippen MR) is 69.4 cm³/mol. The number of carbonyl (C=O) groups excluding carboxylic acids is 2. The Kier molecular flexibility index (Phi) is 6.22. The maximum Gasteiger partial charge on any atom is 0.334 e. The number of carboxylic acid groups (broad SMARTS) is 1. The molecule has 0 fully saturated rings. The minimum absolute atomic E-state index is 0.0973. The summed E-state index contributed by atoms with van der Waals surface area (Å²) in [5, 5.41) is 9.03. The molecule has 2 atom stereocenters. The van der Waals surface area contributed by atoms with Crippen LogP contribution in [0.2, 0.25) is 0 Å². The van der Waals surface area contributed by atoms with Crippen LogP contribution >= 0.6 is 0 Å². The van der Waals surface area contributed by atoms with E-state index in [1.807, 2.05) is 0 Å². The van der Waals surface area contributed by atoms with Crippen molar-refractivity contribution in [1.82, 2.24) is 0 Å². The van der Waals surface area contributed by atoms with Crippen molar-refractivity contribution in [2.24, 2.45) is 11.8 Å². The van der Waals surface area contributed by atoms with Gasteiger partial charge in [-0.15, -0.1) is 0 Å². The maximum absolute atomic E-state index is 11.8. The van der Waals surface area contributed by atoms with E-state index in [1.165, 1.54) is 6.08 Å². The summed E-state index contributed by atoms with van der Waals surface area (Å²) in [4.78, 5) is 33.5. The van der Waals surface area contributed by atoms with E-state index < -0.39 is 29.7 Å². The van der Waals surface area contributed by atoms with E-state index in [9.17, 15) is 14.4 Å². The van der Waals surface area contributed by atoms with Crippen LogP contribution in [0.1, 0.15) is 12.8 Å². The Hall–Kier alpha value is -2.37. The van der Waals surface area contributed by atoms with Gasteiger partial charge in [-0.1, -0.05) is 18.7 Å². The fraction of sp³-hybridized carbons (Fsp3) is 0.357. The highest BCUT2D eigenvalue weighted by atomic mass is 16.5. The van der Waals surface area contributed by atoms with Gasteiger partial charge < -0.3 is 14.6 Å². The molecule has 0 heterocycles. The molecule has 0 saturated heterocycles. The number of carboxylic acids is 1. The minimum Gasteiger partial charge on any atom is -0.481 e. The maximum atomic E-state index is 11.8. The van der Waals surface area contributed by atoms with Gasteiger partial charge in [-0.05, 0) is 18.9 Å². The van der Waals surface area contributed by atoms with E-state index in [2.05, 4.69) is 11.3 Å². The summed E-state index contributed by atoms with van der Waals surface area (Å²) in [7, 11) is 0. The van der Waals surface area contributed by atoms with Gasteiger partial charge in [0.2, 0.25) is 0 Å². The Morgan fingerprint density at radius 1 is 1.40 bits per heavy atom. The molecule has 0 aromatic rings. The van der Waals surface area contributed by atoms with E-state index >= 15 is 0 Å². The summed E-state index contributed by atoms with van der Waals surface area (Å²) in [6.45, 7) is 3.12. The van der Waals surface area contributed by atoms with Gasteiger partial charge in [-0.3, -0.25) is 9.59 Å². The van der Waals surface area contributed by atoms with E-state index in [1.54, 1.807) is 12.2 Å². The third-order valence-corrected chi connectivity index (χ3v) is 2.78. The highest BCUT2D eigenvalue weighted by molar-refractivity contribution is 5.83. The fourth-order valence-electron chi connectivity index (χ4n) is 1.78. The normalized spacial score (nSPS) is 21.4. The molecule has 0 aliphatic heterocycles. The molecule has 6 heteroatoms. The van der Waals surface area contributed by atoms with Crippen LogP contribution in [0, 0.1) is 11.8 Å². The second-order valence-corrected chi connectivity index (χ2v) is 4.12. The summed E-state index contributed by atoms with van der Waals surface area (Å²) in [6.07, 6.45) is 7.81. The first-order valence-electron chi connectivity index (χ1n) is 6.10. The highest BCUT2D eigenvalue weighted by Gasteiger charge is 2.34. The molecule has 0 amide bonds. The van der Waals surface area contributed by atoms with E-state index in [4.69, 9.17) is 9.84 Å². The van der Waals surface area contributed by atoms with Crippen LogP contribution in [0.3, 0.4) is 0 Å². The van der Waals surface area contributed by atoms with Crippen molar-refractivity contribution in [3.05, 3.63) is 37.1 Å². The first-order valence-corrected chi connectivity index (χ1v) is 6.10. The van der Waals surface area contributed by atoms with Gasteiger partial charge in [0.05, 0.1) is 18.1 Å². The number of esters is 2. The zero-order chi connectivity index (χ0) is 15.0. The van der Waals surface area contributed by atoms with E-state index in [0.29, 0.717) is 12.8 Å². The largest absolute Gasteiger partial charge is 0.481 e. The zero-order valence-corrected chi connectivity index (χ0v) is 10.9. The Bertz CT molecular complexity index is 449. The second-order valence-electron chi connectivity index (χ2n) is 4.12. The quantitative estimate of drug-likeness (QED) is 0.343. The Morgan fingerprint density at radius 3 is 2.80 bits per heavy atom. The third kappa shape index (κ3) is 4.72. The lowest BCUT2D eigenvalue weighted by molar-refractivity contribution is -0.155. The molecule has 2 unspecified atom stereocenters. The Balaban J connectivity index is 2.43. The van der Waals surface area contributed by atoms with E-state index in [-0.39, 0.29) is 6.61 Å². The topological polar surface area (TPSA) is 89.9 Å². The number of rotatable bonds is 6. The lowest BCUT2D eigenvalue weighted by atomic mass is 9.84. The van der Waals surface area contributed by atoms with Gasteiger partial charge >= 0.3 is 17.9 Å². The molecule has 0 spiro atoms. The molecule has 0 aromatic carbocycles. The van der Waals surface area contributed by atoms with Crippen molar-refractivity contribution >= 4 is 17.9 Å². The zero-order valence-electron chi connectivity index (χ0n) is 10.9. The van der Waals surface area contributed by atoms with Gasteiger partial charge in [-0.25, -0.2) is 4.79 Å². The molecule has 1 N–H and O–H groups in total. The number of carbonyl (C=O) groups is 3. The van der Waals surface area contributed by atoms with Crippen LogP contribution in [0.15, 0.2) is 37.1 Å². The molecule has 0 bridgehead atoms. The van der Waals surface area contributed by atoms with Crippen molar-refractivity contribution in [3.63, 3.8) is 0 Å². The van der Waals surface area contributed by atoms with Gasteiger partial charge in [-0.2, -0.15) is 0 Å². The highest BCUT2D eigenvalue weighted by Crippen LogP contribution is 2.26. The predicted octanol–water partition coefficient (Wildman–Crippen LogP) is 1.44. The van der Waals surface area contributed by atoms with Crippen LogP contribution in [0.25, 0.3) is 0 Å². The molecule has 1 aliphatic carbocycles. The summed E-state index contributed by atoms with van der Waals surface area (Å²) in [6, 6.07) is 0. The number of hydrogen-bond donors (Lipinski definition) is 1. The minimum atomic E-state index is -1.01. The van der Waals surface area contributed by atoms with Crippen LogP contribution in [0.5, 0.6) is 0 Å². The number of aliphatic carboxylic acids is 1. The first kappa shape index (κ1) is 15.7. The van der Waals surface area contributed by atoms with Crippen molar-refractivity contribution in [1.29, 1.82) is 0 Å². The van der Waals surface area contributed by atoms with Crippen LogP contribution in [-0.2, 0) is 23.9 Å². The number of hydrogen-bond acceptors (Lipinski definition) is 5. The third-order valence-electron chi connectivity index (χ3n) is 2.78. The first-order chi connectivity index (χ1) is 9.56. The average molecular weight is 280 g/mol. The van der Waals surface area contributed by atoms with Crippen molar-refractivity contribution in [3.8, 4) is 0 Å². The van der Waals surface area contributed by atoms with Crippen molar-refractivity contribution in [2.75, 3.05) is 6.61 Å². The molecule has 0 radical (unpaired) electrons.